The van der Waals surface area contributed by atoms with E-state index in [0.29, 0.717) is 18.8 Å². The minimum absolute atomic E-state index is 0.0162. The van der Waals surface area contributed by atoms with Gasteiger partial charge >= 0.3 is 0 Å². The summed E-state index contributed by atoms with van der Waals surface area (Å²) >= 11 is 0. The number of ether oxygens (including phenoxy) is 2. The fourth-order valence-corrected chi connectivity index (χ4v) is 7.08. The quantitative estimate of drug-likeness (QED) is 0.741. The summed E-state index contributed by atoms with van der Waals surface area (Å²) in [6.45, 7) is 2.43. The van der Waals surface area contributed by atoms with Gasteiger partial charge in [-0.05, 0) is 65.3 Å². The number of benzene rings is 1. The molecule has 4 aliphatic rings. The number of pyridine rings is 1. The van der Waals surface area contributed by atoms with E-state index in [1.807, 2.05) is 19.5 Å². The summed E-state index contributed by atoms with van der Waals surface area (Å²) in [7, 11) is 1.83. The molecule has 0 radical (unpaired) electrons. The number of carbonyl (C=O) groups excluding carboxylic acids is 1. The SMILES string of the molecule is CO[C@@H]1C[C@H]2[C@@H]3OC4=C(C=C3CC[C@]2(C)[C@H]1c1ccc2ccncc2c1)C(=O)CC(CO)C4. The number of Topliss-reactive ketones (excluding diaryl/α,β-unsaturated/α-hetero) is 1. The maximum absolute atomic E-state index is 12.7. The maximum Gasteiger partial charge on any atom is 0.166 e. The van der Waals surface area contributed by atoms with Crippen molar-refractivity contribution in [3.8, 4) is 0 Å². The zero-order valence-corrected chi connectivity index (χ0v) is 19.3. The molecule has 6 rings (SSSR count). The molecule has 2 aromatic rings. The van der Waals surface area contributed by atoms with E-state index >= 15 is 0 Å². The van der Waals surface area contributed by atoms with Crippen molar-refractivity contribution in [3.63, 3.8) is 0 Å². The molecule has 2 heterocycles. The predicted molar refractivity (Wildman–Crippen MR) is 126 cm³/mol. The number of fused-ring (bicyclic) bond motifs is 4. The molecule has 1 aromatic carbocycles. The van der Waals surface area contributed by atoms with E-state index < -0.39 is 0 Å². The Morgan fingerprint density at radius 1 is 1.24 bits per heavy atom. The molecular weight excluding hydrogens is 414 g/mol. The number of rotatable bonds is 3. The van der Waals surface area contributed by atoms with Crippen LogP contribution in [0.5, 0.6) is 0 Å². The van der Waals surface area contributed by atoms with E-state index in [2.05, 4.69) is 42.2 Å². The zero-order valence-electron chi connectivity index (χ0n) is 19.3. The monoisotopic (exact) mass is 445 g/mol. The Hall–Kier alpha value is -2.50. The first kappa shape index (κ1) is 21.1. The third-order valence-electron chi connectivity index (χ3n) is 8.83. The second kappa shape index (κ2) is 7.78. The van der Waals surface area contributed by atoms with Crippen LogP contribution in [0.4, 0.5) is 0 Å². The van der Waals surface area contributed by atoms with E-state index in [9.17, 15) is 9.90 Å². The van der Waals surface area contributed by atoms with E-state index in [1.54, 1.807) is 0 Å². The molecule has 2 fully saturated rings. The number of aliphatic hydroxyl groups excluding tert-OH is 1. The number of carbonyl (C=O) groups is 1. The van der Waals surface area contributed by atoms with E-state index in [0.717, 1.165) is 36.0 Å². The molecule has 0 saturated heterocycles. The molecule has 1 aromatic heterocycles. The van der Waals surface area contributed by atoms with Crippen molar-refractivity contribution in [2.75, 3.05) is 13.7 Å². The Balaban J connectivity index is 1.36. The number of aliphatic hydroxyl groups is 1. The molecule has 6 atom stereocenters. The van der Waals surface area contributed by atoms with Gasteiger partial charge in [0.15, 0.2) is 5.78 Å². The van der Waals surface area contributed by atoms with Gasteiger partial charge in [-0.1, -0.05) is 19.1 Å². The van der Waals surface area contributed by atoms with Crippen molar-refractivity contribution in [1.82, 2.24) is 4.98 Å². The first-order chi connectivity index (χ1) is 16.0. The molecule has 172 valence electrons. The van der Waals surface area contributed by atoms with Crippen molar-refractivity contribution in [1.29, 1.82) is 0 Å². The predicted octanol–water partition coefficient (Wildman–Crippen LogP) is 4.70. The van der Waals surface area contributed by atoms with Gasteiger partial charge in [0, 0.05) is 56.2 Å². The molecule has 0 amide bonds. The molecular formula is C28H31NO4. The summed E-state index contributed by atoms with van der Waals surface area (Å²) in [5, 5.41) is 12.0. The third-order valence-corrected chi connectivity index (χ3v) is 8.83. The van der Waals surface area contributed by atoms with Crippen LogP contribution in [-0.4, -0.2) is 41.8 Å². The fraction of sp³-hybridized carbons (Fsp3) is 0.500. The van der Waals surface area contributed by atoms with Crippen LogP contribution in [0.25, 0.3) is 10.8 Å². The minimum atomic E-state index is -0.0320. The van der Waals surface area contributed by atoms with Crippen molar-refractivity contribution < 1.29 is 19.4 Å². The highest BCUT2D eigenvalue weighted by molar-refractivity contribution is 6.00. The van der Waals surface area contributed by atoms with Gasteiger partial charge in [-0.3, -0.25) is 9.78 Å². The highest BCUT2D eigenvalue weighted by atomic mass is 16.5. The van der Waals surface area contributed by atoms with Gasteiger partial charge in [0.1, 0.15) is 11.9 Å². The van der Waals surface area contributed by atoms with Gasteiger partial charge in [-0.2, -0.15) is 0 Å². The zero-order chi connectivity index (χ0) is 22.7. The van der Waals surface area contributed by atoms with Crippen LogP contribution in [0, 0.1) is 17.3 Å². The van der Waals surface area contributed by atoms with E-state index in [-0.39, 0.29) is 41.8 Å². The smallest absolute Gasteiger partial charge is 0.166 e. The number of hydrogen-bond acceptors (Lipinski definition) is 5. The van der Waals surface area contributed by atoms with Crippen LogP contribution in [0.2, 0.25) is 0 Å². The number of allylic oxidation sites excluding steroid dienone is 3. The summed E-state index contributed by atoms with van der Waals surface area (Å²) in [6.07, 6.45) is 9.98. The summed E-state index contributed by atoms with van der Waals surface area (Å²) in [5.74, 6) is 1.46. The van der Waals surface area contributed by atoms with Crippen LogP contribution in [0.3, 0.4) is 0 Å². The largest absolute Gasteiger partial charge is 0.489 e. The molecule has 3 aliphatic carbocycles. The lowest BCUT2D eigenvalue weighted by molar-refractivity contribution is -0.118. The van der Waals surface area contributed by atoms with Gasteiger partial charge in [0.25, 0.3) is 0 Å². The van der Waals surface area contributed by atoms with Crippen LogP contribution in [-0.2, 0) is 14.3 Å². The number of hydrogen-bond donors (Lipinski definition) is 1. The normalized spacial score (nSPS) is 35.5. The van der Waals surface area contributed by atoms with Crippen LogP contribution in [0.1, 0.15) is 50.5 Å². The van der Waals surface area contributed by atoms with Gasteiger partial charge < -0.3 is 14.6 Å². The van der Waals surface area contributed by atoms with Crippen LogP contribution < -0.4 is 0 Å². The average Bonchev–Trinajstić information content (AvgIpc) is 3.15. The maximum atomic E-state index is 12.7. The molecule has 0 bridgehead atoms. The second-order valence-corrected chi connectivity index (χ2v) is 10.6. The second-order valence-electron chi connectivity index (χ2n) is 10.6. The standard InChI is InChI=1S/C28H31NO4/c1-28-7-5-19-12-21-23(31)9-16(15-30)10-24(21)33-27(19)22(28)13-25(32-2)26(28)18-4-3-17-6-8-29-14-20(17)11-18/h3-4,6,8,11-12,14,16,22,25-27,30H,5,7,9-10,13,15H2,1-2H3/t16?,22-,25+,26-,27+,28-/m0/s1. The molecule has 5 nitrogen and oxygen atoms in total. The molecule has 1 aliphatic heterocycles. The lowest BCUT2D eigenvalue weighted by Crippen LogP contribution is -2.44. The summed E-state index contributed by atoms with van der Waals surface area (Å²) in [5.41, 5.74) is 3.34. The number of aromatic nitrogens is 1. The molecule has 2 saturated carbocycles. The number of nitrogens with zero attached hydrogens (tertiary/aromatic N) is 1. The highest BCUT2D eigenvalue weighted by Crippen LogP contribution is 2.62. The van der Waals surface area contributed by atoms with E-state index in [4.69, 9.17) is 9.47 Å². The summed E-state index contributed by atoms with van der Waals surface area (Å²) < 4.78 is 12.7. The van der Waals surface area contributed by atoms with Gasteiger partial charge in [0.05, 0.1) is 11.7 Å². The average molecular weight is 446 g/mol. The Morgan fingerprint density at radius 3 is 2.94 bits per heavy atom. The van der Waals surface area contributed by atoms with Crippen molar-refractivity contribution in [2.45, 2.75) is 57.2 Å². The van der Waals surface area contributed by atoms with Gasteiger partial charge in [-0.25, -0.2) is 0 Å². The highest BCUT2D eigenvalue weighted by Gasteiger charge is 2.59. The van der Waals surface area contributed by atoms with Crippen LogP contribution >= 0.6 is 0 Å². The third kappa shape index (κ3) is 3.20. The molecule has 5 heteroatoms. The molecule has 1 unspecified atom stereocenters. The lowest BCUT2D eigenvalue weighted by Gasteiger charge is -2.48. The number of ketones is 1. The fourth-order valence-electron chi connectivity index (χ4n) is 7.08. The van der Waals surface area contributed by atoms with Crippen molar-refractivity contribution in [3.05, 3.63) is 65.2 Å². The summed E-state index contributed by atoms with van der Waals surface area (Å²) in [4.78, 5) is 17.0. The topological polar surface area (TPSA) is 68.7 Å². The first-order valence-electron chi connectivity index (χ1n) is 12.1. The van der Waals surface area contributed by atoms with Gasteiger partial charge in [-0.15, -0.1) is 0 Å². The summed E-state index contributed by atoms with van der Waals surface area (Å²) in [6, 6.07) is 8.79. The number of methoxy groups -OCH3 is 1. The molecule has 0 spiro atoms. The Kier molecular flexibility index (Phi) is 4.96. The lowest BCUT2D eigenvalue weighted by atomic mass is 9.61. The Morgan fingerprint density at radius 2 is 2.12 bits per heavy atom. The Labute approximate surface area is 194 Å². The minimum Gasteiger partial charge on any atom is -0.489 e. The van der Waals surface area contributed by atoms with Crippen molar-refractivity contribution >= 4 is 16.6 Å². The Bertz CT molecular complexity index is 1180. The van der Waals surface area contributed by atoms with Crippen molar-refractivity contribution in [2.24, 2.45) is 17.3 Å². The molecule has 1 N–H and O–H groups in total. The molecule has 33 heavy (non-hydrogen) atoms. The van der Waals surface area contributed by atoms with Crippen LogP contribution in [0.15, 0.2) is 59.6 Å². The first-order valence-corrected chi connectivity index (χ1v) is 12.1. The van der Waals surface area contributed by atoms with Gasteiger partial charge in [0.2, 0.25) is 0 Å². The van der Waals surface area contributed by atoms with E-state index in [1.165, 1.54) is 16.5 Å².